The maximum absolute atomic E-state index is 11.6. The van der Waals surface area contributed by atoms with E-state index in [0.29, 0.717) is 6.42 Å². The number of aliphatic hydroxyl groups excluding tert-OH is 1. The highest BCUT2D eigenvalue weighted by atomic mass is 16.5. The van der Waals surface area contributed by atoms with Crippen molar-refractivity contribution < 1.29 is 14.6 Å². The van der Waals surface area contributed by atoms with E-state index in [-0.39, 0.29) is 6.61 Å². The van der Waals surface area contributed by atoms with Gasteiger partial charge in [0.25, 0.3) is 0 Å². The molecule has 21 heavy (non-hydrogen) atoms. The zero-order valence-electron chi connectivity index (χ0n) is 11.7. The zero-order valence-corrected chi connectivity index (χ0v) is 11.7. The van der Waals surface area contributed by atoms with Gasteiger partial charge in [0.15, 0.2) is 6.10 Å². The van der Waals surface area contributed by atoms with Gasteiger partial charge >= 0.3 is 5.97 Å². The van der Waals surface area contributed by atoms with Gasteiger partial charge in [0, 0.05) is 0 Å². The Kier molecular flexibility index (Phi) is 5.73. The summed E-state index contributed by atoms with van der Waals surface area (Å²) in [5.41, 5.74) is 2.02. The summed E-state index contributed by atoms with van der Waals surface area (Å²) in [6, 6.07) is 19.2. The third-order valence-electron chi connectivity index (χ3n) is 2.98. The van der Waals surface area contributed by atoms with Gasteiger partial charge in [-0.3, -0.25) is 0 Å². The average Bonchev–Trinajstić information content (AvgIpc) is 2.54. The van der Waals surface area contributed by atoms with Crippen LogP contribution < -0.4 is 0 Å². The first kappa shape index (κ1) is 15.0. The summed E-state index contributed by atoms with van der Waals surface area (Å²) in [6.45, 7) is 0.170. The second kappa shape index (κ2) is 8.02. The van der Waals surface area contributed by atoms with Gasteiger partial charge in [-0.25, -0.2) is 4.79 Å². The van der Waals surface area contributed by atoms with E-state index in [1.54, 1.807) is 6.08 Å². The van der Waals surface area contributed by atoms with E-state index in [4.69, 9.17) is 4.74 Å². The van der Waals surface area contributed by atoms with E-state index in [2.05, 4.69) is 0 Å². The SMILES string of the molecule is O=C(OCc1ccccc1)[C@@H](O)/C=C/Cc1ccccc1. The number of carbonyl (C=O) groups excluding carboxylic acids is 1. The normalized spacial score (nSPS) is 12.2. The predicted octanol–water partition coefficient (Wildman–Crippen LogP) is 2.89. The lowest BCUT2D eigenvalue weighted by Crippen LogP contribution is -2.20. The number of ether oxygens (including phenoxy) is 1. The van der Waals surface area contributed by atoms with Gasteiger partial charge < -0.3 is 9.84 Å². The van der Waals surface area contributed by atoms with Crippen molar-refractivity contribution in [3.8, 4) is 0 Å². The van der Waals surface area contributed by atoms with Crippen LogP contribution >= 0.6 is 0 Å². The van der Waals surface area contributed by atoms with Crippen LogP contribution in [0.5, 0.6) is 0 Å². The van der Waals surface area contributed by atoms with E-state index in [0.717, 1.165) is 11.1 Å². The highest BCUT2D eigenvalue weighted by Crippen LogP contribution is 2.04. The standard InChI is InChI=1S/C18H18O3/c19-17(13-7-12-15-8-3-1-4-9-15)18(20)21-14-16-10-5-2-6-11-16/h1-11,13,17,19H,12,14H2/b13-7+/t17-/m0/s1. The number of hydrogen-bond donors (Lipinski definition) is 1. The molecule has 1 atom stereocenters. The molecular formula is C18H18O3. The quantitative estimate of drug-likeness (QED) is 0.654. The summed E-state index contributed by atoms with van der Waals surface area (Å²) in [5, 5.41) is 9.71. The summed E-state index contributed by atoms with van der Waals surface area (Å²) < 4.78 is 5.05. The molecular weight excluding hydrogens is 264 g/mol. The Morgan fingerprint density at radius 3 is 2.19 bits per heavy atom. The molecule has 0 aliphatic rings. The smallest absolute Gasteiger partial charge is 0.339 e. The predicted molar refractivity (Wildman–Crippen MR) is 81.5 cm³/mol. The van der Waals surface area contributed by atoms with E-state index < -0.39 is 12.1 Å². The molecule has 0 saturated heterocycles. The molecule has 108 valence electrons. The van der Waals surface area contributed by atoms with Crippen molar-refractivity contribution in [2.24, 2.45) is 0 Å². The van der Waals surface area contributed by atoms with Crippen LogP contribution in [0.1, 0.15) is 11.1 Å². The first-order valence-corrected chi connectivity index (χ1v) is 6.85. The lowest BCUT2D eigenvalue weighted by atomic mass is 10.1. The second-order valence-electron chi connectivity index (χ2n) is 4.66. The Morgan fingerprint density at radius 1 is 1.00 bits per heavy atom. The van der Waals surface area contributed by atoms with Crippen molar-refractivity contribution in [3.05, 3.63) is 83.9 Å². The van der Waals surface area contributed by atoms with Gasteiger partial charge in [0.2, 0.25) is 0 Å². The maximum Gasteiger partial charge on any atom is 0.339 e. The molecule has 0 aliphatic heterocycles. The molecule has 0 radical (unpaired) electrons. The molecule has 0 spiro atoms. The lowest BCUT2D eigenvalue weighted by molar-refractivity contribution is -0.152. The molecule has 0 fully saturated rings. The minimum absolute atomic E-state index is 0.170. The molecule has 0 heterocycles. The van der Waals surface area contributed by atoms with Gasteiger partial charge in [-0.2, -0.15) is 0 Å². The fraction of sp³-hybridized carbons (Fsp3) is 0.167. The third kappa shape index (κ3) is 5.24. The topological polar surface area (TPSA) is 46.5 Å². The van der Waals surface area contributed by atoms with Crippen molar-refractivity contribution in [1.29, 1.82) is 0 Å². The van der Waals surface area contributed by atoms with Gasteiger partial charge in [0.05, 0.1) is 0 Å². The number of carbonyl (C=O) groups is 1. The molecule has 3 nitrogen and oxygen atoms in total. The fourth-order valence-corrected chi connectivity index (χ4v) is 1.84. The number of benzene rings is 2. The van der Waals surface area contributed by atoms with Crippen molar-refractivity contribution in [3.63, 3.8) is 0 Å². The highest BCUT2D eigenvalue weighted by Gasteiger charge is 2.12. The minimum Gasteiger partial charge on any atom is -0.459 e. The molecule has 3 heteroatoms. The Hall–Kier alpha value is -2.39. The number of allylic oxidation sites excluding steroid dienone is 1. The van der Waals surface area contributed by atoms with Gasteiger partial charge in [-0.15, -0.1) is 0 Å². The van der Waals surface area contributed by atoms with Gasteiger partial charge in [0.1, 0.15) is 6.61 Å². The number of esters is 1. The van der Waals surface area contributed by atoms with Gasteiger partial charge in [-0.1, -0.05) is 66.7 Å². The Morgan fingerprint density at radius 2 is 1.57 bits per heavy atom. The Balaban J connectivity index is 1.77. The summed E-state index contributed by atoms with van der Waals surface area (Å²) in [6.07, 6.45) is 2.67. The monoisotopic (exact) mass is 282 g/mol. The summed E-state index contributed by atoms with van der Waals surface area (Å²) in [5.74, 6) is -0.636. The molecule has 0 unspecified atom stereocenters. The van der Waals surface area contributed by atoms with Crippen LogP contribution in [-0.2, 0) is 22.6 Å². The molecule has 2 rings (SSSR count). The van der Waals surface area contributed by atoms with E-state index in [1.807, 2.05) is 60.7 Å². The van der Waals surface area contributed by atoms with Crippen molar-refractivity contribution in [2.75, 3.05) is 0 Å². The van der Waals surface area contributed by atoms with Crippen LogP contribution in [-0.4, -0.2) is 17.2 Å². The first-order chi connectivity index (χ1) is 10.3. The molecule has 1 N–H and O–H groups in total. The second-order valence-corrected chi connectivity index (χ2v) is 4.66. The summed E-state index contributed by atoms with van der Waals surface area (Å²) >= 11 is 0. The molecule has 0 aromatic heterocycles. The molecule has 0 saturated carbocycles. The highest BCUT2D eigenvalue weighted by molar-refractivity contribution is 5.76. The summed E-state index contributed by atoms with van der Waals surface area (Å²) in [7, 11) is 0. The Labute approximate surface area is 124 Å². The van der Waals surface area contributed by atoms with Crippen LogP contribution in [0.25, 0.3) is 0 Å². The van der Waals surface area contributed by atoms with E-state index in [9.17, 15) is 9.90 Å². The maximum atomic E-state index is 11.6. The lowest BCUT2D eigenvalue weighted by Gasteiger charge is -2.07. The molecule has 0 amide bonds. The zero-order chi connectivity index (χ0) is 14.9. The molecule has 2 aromatic carbocycles. The van der Waals surface area contributed by atoms with Crippen LogP contribution in [0.3, 0.4) is 0 Å². The molecule has 0 aliphatic carbocycles. The number of aliphatic hydroxyl groups is 1. The van der Waals surface area contributed by atoms with Crippen LogP contribution in [0.4, 0.5) is 0 Å². The number of hydrogen-bond acceptors (Lipinski definition) is 3. The van der Waals surface area contributed by atoms with Crippen LogP contribution in [0, 0.1) is 0 Å². The van der Waals surface area contributed by atoms with E-state index in [1.165, 1.54) is 6.08 Å². The van der Waals surface area contributed by atoms with Crippen LogP contribution in [0.15, 0.2) is 72.8 Å². The molecule has 0 bridgehead atoms. The Bertz CT molecular complexity index is 576. The number of rotatable bonds is 6. The average molecular weight is 282 g/mol. The van der Waals surface area contributed by atoms with Gasteiger partial charge in [-0.05, 0) is 23.6 Å². The first-order valence-electron chi connectivity index (χ1n) is 6.85. The van der Waals surface area contributed by atoms with Crippen molar-refractivity contribution in [1.82, 2.24) is 0 Å². The van der Waals surface area contributed by atoms with Crippen molar-refractivity contribution >= 4 is 5.97 Å². The summed E-state index contributed by atoms with van der Waals surface area (Å²) in [4.78, 5) is 11.6. The largest absolute Gasteiger partial charge is 0.459 e. The van der Waals surface area contributed by atoms with Crippen molar-refractivity contribution in [2.45, 2.75) is 19.1 Å². The fourth-order valence-electron chi connectivity index (χ4n) is 1.84. The van der Waals surface area contributed by atoms with E-state index >= 15 is 0 Å². The third-order valence-corrected chi connectivity index (χ3v) is 2.98. The molecule has 2 aromatic rings. The minimum atomic E-state index is -1.22. The van der Waals surface area contributed by atoms with Crippen LogP contribution in [0.2, 0.25) is 0 Å².